The molecule has 0 aliphatic heterocycles. The summed E-state index contributed by atoms with van der Waals surface area (Å²) in [6, 6.07) is 0. The zero-order valence-electron chi connectivity index (χ0n) is 6.77. The molecule has 1 aromatic heterocycles. The molecule has 66 valence electrons. The van der Waals surface area contributed by atoms with Gasteiger partial charge in [-0.05, 0) is 18.5 Å². The molecule has 1 atom stereocenters. The maximum absolute atomic E-state index is 10.6. The molecular weight excluding hydrogens is 178 g/mol. The van der Waals surface area contributed by atoms with Gasteiger partial charge >= 0.3 is 5.97 Å². The van der Waals surface area contributed by atoms with Crippen molar-refractivity contribution in [2.45, 2.75) is 12.8 Å². The van der Waals surface area contributed by atoms with E-state index in [9.17, 15) is 4.79 Å². The fraction of sp³-hybridized carbons (Fsp3) is 0.429. The summed E-state index contributed by atoms with van der Waals surface area (Å²) in [7, 11) is 1.48. The van der Waals surface area contributed by atoms with E-state index in [1.165, 1.54) is 18.6 Å². The molecule has 0 aliphatic carbocycles. The number of aliphatic carboxylic acids is 1. The first-order valence-electron chi connectivity index (χ1n) is 3.38. The standard InChI is InChI=1S/C7H9NO3S/c1-4(7(9)10)5-3-12-8-6(5)11-2/h3-4H,1-2H3,(H,9,10). The molecule has 0 saturated carbocycles. The number of aromatic nitrogens is 1. The van der Waals surface area contributed by atoms with E-state index in [0.29, 0.717) is 11.4 Å². The smallest absolute Gasteiger partial charge is 0.310 e. The number of carboxylic acid groups (broad SMARTS) is 1. The van der Waals surface area contributed by atoms with Gasteiger partial charge in [-0.15, -0.1) is 0 Å². The van der Waals surface area contributed by atoms with Gasteiger partial charge in [-0.3, -0.25) is 4.79 Å². The van der Waals surface area contributed by atoms with Crippen molar-refractivity contribution in [2.24, 2.45) is 0 Å². The molecule has 0 fully saturated rings. The highest BCUT2D eigenvalue weighted by atomic mass is 32.1. The minimum Gasteiger partial charge on any atom is -0.481 e. The Balaban J connectivity index is 2.93. The molecule has 12 heavy (non-hydrogen) atoms. The molecule has 1 aromatic rings. The Kier molecular flexibility index (Phi) is 2.65. The Labute approximate surface area is 74.0 Å². The van der Waals surface area contributed by atoms with Crippen LogP contribution >= 0.6 is 11.5 Å². The van der Waals surface area contributed by atoms with Crippen LogP contribution < -0.4 is 4.74 Å². The average Bonchev–Trinajstić information content (AvgIpc) is 2.49. The first kappa shape index (κ1) is 8.99. The molecule has 0 aromatic carbocycles. The van der Waals surface area contributed by atoms with Crippen molar-refractivity contribution >= 4 is 17.5 Å². The zero-order chi connectivity index (χ0) is 9.14. The Bertz CT molecular complexity index is 284. The van der Waals surface area contributed by atoms with Crippen LogP contribution in [0.25, 0.3) is 0 Å². The van der Waals surface area contributed by atoms with E-state index < -0.39 is 11.9 Å². The Morgan fingerprint density at radius 3 is 3.00 bits per heavy atom. The molecule has 0 spiro atoms. The number of carbonyl (C=O) groups is 1. The van der Waals surface area contributed by atoms with Crippen LogP contribution in [0.3, 0.4) is 0 Å². The molecule has 1 N–H and O–H groups in total. The lowest BCUT2D eigenvalue weighted by Crippen LogP contribution is -2.07. The third kappa shape index (κ3) is 1.55. The highest BCUT2D eigenvalue weighted by Gasteiger charge is 2.19. The number of hydrogen-bond acceptors (Lipinski definition) is 4. The van der Waals surface area contributed by atoms with E-state index in [4.69, 9.17) is 9.84 Å². The second-order valence-corrected chi connectivity index (χ2v) is 2.97. The second kappa shape index (κ2) is 3.53. The van der Waals surface area contributed by atoms with Gasteiger partial charge in [0.2, 0.25) is 5.88 Å². The summed E-state index contributed by atoms with van der Waals surface area (Å²) >= 11 is 1.20. The van der Waals surface area contributed by atoms with Crippen molar-refractivity contribution in [3.63, 3.8) is 0 Å². The molecule has 0 bridgehead atoms. The summed E-state index contributed by atoms with van der Waals surface area (Å²) < 4.78 is 8.79. The lowest BCUT2D eigenvalue weighted by atomic mass is 10.1. The van der Waals surface area contributed by atoms with Crippen LogP contribution in [-0.4, -0.2) is 22.6 Å². The first-order chi connectivity index (χ1) is 5.66. The zero-order valence-corrected chi connectivity index (χ0v) is 7.59. The van der Waals surface area contributed by atoms with Gasteiger partial charge in [-0.1, -0.05) is 0 Å². The monoisotopic (exact) mass is 187 g/mol. The van der Waals surface area contributed by atoms with Crippen LogP contribution in [0.15, 0.2) is 5.38 Å². The SMILES string of the molecule is COc1nscc1C(C)C(=O)O. The summed E-state index contributed by atoms with van der Waals surface area (Å²) in [4.78, 5) is 10.6. The Hall–Kier alpha value is -1.10. The van der Waals surface area contributed by atoms with Crippen molar-refractivity contribution < 1.29 is 14.6 Å². The number of methoxy groups -OCH3 is 1. The van der Waals surface area contributed by atoms with Gasteiger partial charge in [0.25, 0.3) is 0 Å². The fourth-order valence-corrected chi connectivity index (χ4v) is 1.56. The summed E-state index contributed by atoms with van der Waals surface area (Å²) in [5, 5.41) is 10.4. The van der Waals surface area contributed by atoms with Crippen molar-refractivity contribution in [1.29, 1.82) is 0 Å². The van der Waals surface area contributed by atoms with Gasteiger partial charge in [0.15, 0.2) is 0 Å². The van der Waals surface area contributed by atoms with Crippen molar-refractivity contribution in [3.8, 4) is 5.88 Å². The number of carboxylic acids is 1. The molecule has 1 unspecified atom stereocenters. The normalized spacial score (nSPS) is 12.5. The van der Waals surface area contributed by atoms with Gasteiger partial charge in [0.05, 0.1) is 13.0 Å². The molecule has 0 saturated heterocycles. The molecule has 1 rings (SSSR count). The highest BCUT2D eigenvalue weighted by Crippen LogP contribution is 2.26. The number of rotatable bonds is 3. The van der Waals surface area contributed by atoms with Crippen molar-refractivity contribution in [1.82, 2.24) is 4.37 Å². The van der Waals surface area contributed by atoms with Gasteiger partial charge in [0.1, 0.15) is 0 Å². The van der Waals surface area contributed by atoms with Crippen LogP contribution in [0.2, 0.25) is 0 Å². The highest BCUT2D eigenvalue weighted by molar-refractivity contribution is 7.03. The Morgan fingerprint density at radius 1 is 1.83 bits per heavy atom. The predicted molar refractivity (Wildman–Crippen MR) is 44.7 cm³/mol. The third-order valence-corrected chi connectivity index (χ3v) is 2.22. The minimum atomic E-state index is -0.867. The molecule has 0 radical (unpaired) electrons. The molecule has 4 nitrogen and oxygen atoms in total. The van der Waals surface area contributed by atoms with Gasteiger partial charge in [-0.25, -0.2) is 0 Å². The van der Waals surface area contributed by atoms with Crippen LogP contribution in [-0.2, 0) is 4.79 Å². The summed E-state index contributed by atoms with van der Waals surface area (Å²) in [5.74, 6) is -1.01. The summed E-state index contributed by atoms with van der Waals surface area (Å²) in [6.45, 7) is 1.61. The van der Waals surface area contributed by atoms with E-state index >= 15 is 0 Å². The fourth-order valence-electron chi connectivity index (χ4n) is 0.810. The van der Waals surface area contributed by atoms with Crippen molar-refractivity contribution in [3.05, 3.63) is 10.9 Å². The number of ether oxygens (including phenoxy) is 1. The topological polar surface area (TPSA) is 59.4 Å². The second-order valence-electron chi connectivity index (χ2n) is 2.34. The van der Waals surface area contributed by atoms with E-state index in [-0.39, 0.29) is 0 Å². The minimum absolute atomic E-state index is 0.412. The predicted octanol–water partition coefficient (Wildman–Crippen LogP) is 1.34. The molecule has 0 aliphatic rings. The molecular formula is C7H9NO3S. The maximum atomic E-state index is 10.6. The molecule has 5 heteroatoms. The van der Waals surface area contributed by atoms with Crippen molar-refractivity contribution in [2.75, 3.05) is 7.11 Å². The van der Waals surface area contributed by atoms with Crippen LogP contribution in [0.5, 0.6) is 5.88 Å². The quantitative estimate of drug-likeness (QED) is 0.775. The lowest BCUT2D eigenvalue weighted by molar-refractivity contribution is -0.138. The van der Waals surface area contributed by atoms with Gasteiger partial charge < -0.3 is 9.84 Å². The van der Waals surface area contributed by atoms with Crippen LogP contribution in [0, 0.1) is 0 Å². The van der Waals surface area contributed by atoms with Crippen LogP contribution in [0.1, 0.15) is 18.4 Å². The van der Waals surface area contributed by atoms with Gasteiger partial charge in [-0.2, -0.15) is 4.37 Å². The van der Waals surface area contributed by atoms with E-state index in [1.807, 2.05) is 0 Å². The summed E-state index contributed by atoms with van der Waals surface area (Å²) in [5.41, 5.74) is 0.634. The summed E-state index contributed by atoms with van der Waals surface area (Å²) in [6.07, 6.45) is 0. The largest absolute Gasteiger partial charge is 0.481 e. The molecule has 0 amide bonds. The number of hydrogen-bond donors (Lipinski definition) is 1. The maximum Gasteiger partial charge on any atom is 0.310 e. The molecule has 1 heterocycles. The lowest BCUT2D eigenvalue weighted by Gasteiger charge is -2.04. The van der Waals surface area contributed by atoms with E-state index in [0.717, 1.165) is 0 Å². The van der Waals surface area contributed by atoms with E-state index in [2.05, 4.69) is 4.37 Å². The third-order valence-electron chi connectivity index (χ3n) is 1.59. The first-order valence-corrected chi connectivity index (χ1v) is 4.21. The average molecular weight is 187 g/mol. The Morgan fingerprint density at radius 2 is 2.50 bits per heavy atom. The number of nitrogens with zero attached hydrogens (tertiary/aromatic N) is 1. The van der Waals surface area contributed by atoms with Crippen LogP contribution in [0.4, 0.5) is 0 Å². The van der Waals surface area contributed by atoms with E-state index in [1.54, 1.807) is 12.3 Å². The van der Waals surface area contributed by atoms with Gasteiger partial charge in [0, 0.05) is 10.9 Å².